The van der Waals surface area contributed by atoms with Gasteiger partial charge >= 0.3 is 0 Å². The first kappa shape index (κ1) is 16.4. The molecule has 0 N–H and O–H groups in total. The molecule has 3 rings (SSSR count). The summed E-state index contributed by atoms with van der Waals surface area (Å²) in [5.41, 5.74) is 0.191. The fourth-order valence-electron chi connectivity index (χ4n) is 3.04. The van der Waals surface area contributed by atoms with Crippen molar-refractivity contribution >= 4 is 17.5 Å². The standard InChI is InChI=1S/C16H19N3O5/c20-15(12-3-1-4-13(11-12)19(22)23)17-6-8-18(9-7-17)16(21)14-5-2-10-24-14/h1,3-4,11,14H,2,5-10H2. The summed E-state index contributed by atoms with van der Waals surface area (Å²) in [7, 11) is 0. The minimum atomic E-state index is -0.519. The molecule has 2 fully saturated rings. The number of ether oxygens (including phenoxy) is 1. The number of rotatable bonds is 3. The molecule has 1 aromatic carbocycles. The Morgan fingerprint density at radius 3 is 2.50 bits per heavy atom. The fourth-order valence-corrected chi connectivity index (χ4v) is 3.04. The molecule has 1 atom stereocenters. The molecule has 2 amide bonds. The number of nitrogens with zero attached hydrogens (tertiary/aromatic N) is 3. The van der Waals surface area contributed by atoms with Crippen molar-refractivity contribution in [2.75, 3.05) is 32.8 Å². The number of piperazine rings is 1. The Balaban J connectivity index is 1.60. The zero-order valence-corrected chi connectivity index (χ0v) is 13.2. The van der Waals surface area contributed by atoms with Gasteiger partial charge in [-0.2, -0.15) is 0 Å². The molecule has 0 aromatic heterocycles. The highest BCUT2D eigenvalue weighted by molar-refractivity contribution is 5.95. The van der Waals surface area contributed by atoms with Gasteiger partial charge in [-0.1, -0.05) is 6.07 Å². The summed E-state index contributed by atoms with van der Waals surface area (Å²) in [5, 5.41) is 10.8. The Kier molecular flexibility index (Phi) is 4.75. The monoisotopic (exact) mass is 333 g/mol. The average Bonchev–Trinajstić information content (AvgIpc) is 3.15. The molecule has 0 bridgehead atoms. The second-order valence-corrected chi connectivity index (χ2v) is 5.93. The highest BCUT2D eigenvalue weighted by atomic mass is 16.6. The third-order valence-corrected chi connectivity index (χ3v) is 4.39. The molecule has 8 heteroatoms. The van der Waals surface area contributed by atoms with Crippen LogP contribution in [0.25, 0.3) is 0 Å². The van der Waals surface area contributed by atoms with E-state index in [0.29, 0.717) is 38.3 Å². The Morgan fingerprint density at radius 2 is 1.88 bits per heavy atom. The van der Waals surface area contributed by atoms with E-state index >= 15 is 0 Å². The van der Waals surface area contributed by atoms with Crippen molar-refractivity contribution in [1.82, 2.24) is 9.80 Å². The first-order valence-electron chi connectivity index (χ1n) is 8.00. The van der Waals surface area contributed by atoms with Gasteiger partial charge in [-0.25, -0.2) is 0 Å². The van der Waals surface area contributed by atoms with Crippen LogP contribution >= 0.6 is 0 Å². The highest BCUT2D eigenvalue weighted by Crippen LogP contribution is 2.18. The number of amides is 2. The van der Waals surface area contributed by atoms with Crippen molar-refractivity contribution in [1.29, 1.82) is 0 Å². The molecule has 0 radical (unpaired) electrons. The lowest BCUT2D eigenvalue weighted by atomic mass is 10.1. The number of nitro benzene ring substituents is 1. The highest BCUT2D eigenvalue weighted by Gasteiger charge is 2.31. The van der Waals surface area contributed by atoms with E-state index in [1.807, 2.05) is 0 Å². The Bertz CT molecular complexity index is 649. The first-order chi connectivity index (χ1) is 11.6. The summed E-state index contributed by atoms with van der Waals surface area (Å²) in [6.07, 6.45) is 1.32. The molecule has 1 unspecified atom stereocenters. The van der Waals surface area contributed by atoms with Gasteiger partial charge in [-0.05, 0) is 18.9 Å². The zero-order chi connectivity index (χ0) is 17.1. The molecule has 128 valence electrons. The maximum Gasteiger partial charge on any atom is 0.270 e. The van der Waals surface area contributed by atoms with Crippen LogP contribution < -0.4 is 0 Å². The van der Waals surface area contributed by atoms with Crippen LogP contribution in [0, 0.1) is 10.1 Å². The van der Waals surface area contributed by atoms with E-state index in [9.17, 15) is 19.7 Å². The SMILES string of the molecule is O=C(c1cccc([N+](=O)[O-])c1)N1CCN(C(=O)C2CCCO2)CC1. The topological polar surface area (TPSA) is 93.0 Å². The minimum Gasteiger partial charge on any atom is -0.368 e. The number of carbonyl (C=O) groups is 2. The maximum absolute atomic E-state index is 12.5. The predicted octanol–water partition coefficient (Wildman–Crippen LogP) is 1.06. The van der Waals surface area contributed by atoms with Gasteiger partial charge in [0.15, 0.2) is 0 Å². The van der Waals surface area contributed by atoms with Crippen LogP contribution in [0.4, 0.5) is 5.69 Å². The molecule has 1 aromatic rings. The normalized spacial score (nSPS) is 20.9. The summed E-state index contributed by atoms with van der Waals surface area (Å²) in [6, 6.07) is 5.71. The molecule has 0 saturated carbocycles. The second kappa shape index (κ2) is 6.96. The smallest absolute Gasteiger partial charge is 0.270 e. The molecule has 2 aliphatic rings. The summed E-state index contributed by atoms with van der Waals surface area (Å²) in [4.78, 5) is 38.4. The van der Waals surface area contributed by atoms with Gasteiger partial charge in [0, 0.05) is 50.5 Å². The van der Waals surface area contributed by atoms with E-state index in [-0.39, 0.29) is 23.6 Å². The van der Waals surface area contributed by atoms with E-state index in [4.69, 9.17) is 4.74 Å². The van der Waals surface area contributed by atoms with Crippen LogP contribution in [0.5, 0.6) is 0 Å². The number of non-ortho nitro benzene ring substituents is 1. The Labute approximate surface area is 139 Å². The quantitative estimate of drug-likeness (QED) is 0.609. The van der Waals surface area contributed by atoms with E-state index < -0.39 is 4.92 Å². The molecule has 2 saturated heterocycles. The number of hydrogen-bond acceptors (Lipinski definition) is 5. The van der Waals surface area contributed by atoms with Crippen LogP contribution in [-0.2, 0) is 9.53 Å². The number of carbonyl (C=O) groups excluding carboxylic acids is 2. The summed E-state index contributed by atoms with van der Waals surface area (Å²) < 4.78 is 5.41. The lowest BCUT2D eigenvalue weighted by Gasteiger charge is -2.35. The molecule has 24 heavy (non-hydrogen) atoms. The van der Waals surface area contributed by atoms with Gasteiger partial charge in [-0.15, -0.1) is 0 Å². The minimum absolute atomic E-state index is 0.00468. The van der Waals surface area contributed by atoms with E-state index in [1.165, 1.54) is 18.2 Å². The molecule has 2 heterocycles. The Hall–Kier alpha value is -2.48. The fraction of sp³-hybridized carbons (Fsp3) is 0.500. The van der Waals surface area contributed by atoms with Crippen molar-refractivity contribution in [3.8, 4) is 0 Å². The van der Waals surface area contributed by atoms with Crippen LogP contribution in [0.3, 0.4) is 0 Å². The Morgan fingerprint density at radius 1 is 1.17 bits per heavy atom. The second-order valence-electron chi connectivity index (χ2n) is 5.93. The van der Waals surface area contributed by atoms with Gasteiger partial charge in [0.2, 0.25) is 0 Å². The summed E-state index contributed by atoms with van der Waals surface area (Å²) in [5.74, 6) is -0.252. The van der Waals surface area contributed by atoms with Crippen LogP contribution in [0.1, 0.15) is 23.2 Å². The van der Waals surface area contributed by atoms with Crippen molar-refractivity contribution in [2.45, 2.75) is 18.9 Å². The summed E-state index contributed by atoms with van der Waals surface area (Å²) in [6.45, 7) is 2.38. The van der Waals surface area contributed by atoms with Gasteiger partial charge in [0.25, 0.3) is 17.5 Å². The molecule has 2 aliphatic heterocycles. The lowest BCUT2D eigenvalue weighted by Crippen LogP contribution is -2.52. The van der Waals surface area contributed by atoms with E-state index in [2.05, 4.69) is 0 Å². The molecular formula is C16H19N3O5. The van der Waals surface area contributed by atoms with Crippen molar-refractivity contribution < 1.29 is 19.2 Å². The van der Waals surface area contributed by atoms with Crippen molar-refractivity contribution in [3.63, 3.8) is 0 Å². The predicted molar refractivity (Wildman–Crippen MR) is 84.6 cm³/mol. The van der Waals surface area contributed by atoms with E-state index in [1.54, 1.807) is 15.9 Å². The van der Waals surface area contributed by atoms with Crippen LogP contribution in [-0.4, -0.2) is 65.4 Å². The largest absolute Gasteiger partial charge is 0.368 e. The number of benzene rings is 1. The molecular weight excluding hydrogens is 314 g/mol. The lowest BCUT2D eigenvalue weighted by molar-refractivity contribution is -0.384. The molecule has 8 nitrogen and oxygen atoms in total. The third kappa shape index (κ3) is 3.38. The van der Waals surface area contributed by atoms with Gasteiger partial charge < -0.3 is 14.5 Å². The first-order valence-corrected chi connectivity index (χ1v) is 8.00. The third-order valence-electron chi connectivity index (χ3n) is 4.39. The van der Waals surface area contributed by atoms with Crippen molar-refractivity contribution in [3.05, 3.63) is 39.9 Å². The zero-order valence-electron chi connectivity index (χ0n) is 13.2. The summed E-state index contributed by atoms with van der Waals surface area (Å²) >= 11 is 0. The van der Waals surface area contributed by atoms with Gasteiger partial charge in [0.1, 0.15) is 6.10 Å². The maximum atomic E-state index is 12.5. The van der Waals surface area contributed by atoms with E-state index in [0.717, 1.165) is 12.8 Å². The van der Waals surface area contributed by atoms with Crippen LogP contribution in [0.2, 0.25) is 0 Å². The molecule has 0 aliphatic carbocycles. The average molecular weight is 333 g/mol. The van der Waals surface area contributed by atoms with Crippen molar-refractivity contribution in [2.24, 2.45) is 0 Å². The van der Waals surface area contributed by atoms with Crippen LogP contribution in [0.15, 0.2) is 24.3 Å². The number of nitro groups is 1. The number of hydrogen-bond donors (Lipinski definition) is 0. The molecule has 0 spiro atoms. The van der Waals surface area contributed by atoms with Gasteiger partial charge in [0.05, 0.1) is 4.92 Å². The van der Waals surface area contributed by atoms with Gasteiger partial charge in [-0.3, -0.25) is 19.7 Å².